The molecule has 0 unspecified atom stereocenters. The van der Waals surface area contributed by atoms with Crippen molar-refractivity contribution in [2.45, 2.75) is 141 Å². The molecule has 0 spiro atoms. The summed E-state index contributed by atoms with van der Waals surface area (Å²) in [5, 5.41) is 10.4. The lowest BCUT2D eigenvalue weighted by molar-refractivity contribution is -0.0245. The van der Waals surface area contributed by atoms with Crippen LogP contribution in [0.5, 0.6) is 0 Å². The van der Waals surface area contributed by atoms with Crippen LogP contribution in [0.1, 0.15) is 128 Å². The lowest BCUT2D eigenvalue weighted by atomic mass is 10.0. The van der Waals surface area contributed by atoms with Gasteiger partial charge in [0, 0.05) is 18.2 Å². The molecule has 2 heterocycles. The first-order valence-electron chi connectivity index (χ1n) is 13.2. The van der Waals surface area contributed by atoms with E-state index < -0.39 is 6.10 Å². The maximum absolute atomic E-state index is 11.7. The number of hydrogen-bond donors (Lipinski definition) is 2. The molecule has 0 bridgehead atoms. The van der Waals surface area contributed by atoms with Crippen LogP contribution < -0.4 is 5.56 Å². The molecule has 5 nitrogen and oxygen atoms in total. The number of hydrogen-bond acceptors (Lipinski definition) is 4. The number of aromatic amines is 1. The molecule has 0 radical (unpaired) electrons. The Morgan fingerprint density at radius 3 is 2.00 bits per heavy atom. The highest BCUT2D eigenvalue weighted by molar-refractivity contribution is 7.71. The second-order valence-electron chi connectivity index (χ2n) is 9.65. The number of rotatable bonds is 17. The highest BCUT2D eigenvalue weighted by Crippen LogP contribution is 2.31. The van der Waals surface area contributed by atoms with Crippen molar-refractivity contribution < 1.29 is 9.84 Å². The highest BCUT2D eigenvalue weighted by Gasteiger charge is 2.34. The lowest BCUT2D eigenvalue weighted by Crippen LogP contribution is -2.21. The summed E-state index contributed by atoms with van der Waals surface area (Å²) in [5.41, 5.74) is 0.432. The predicted octanol–water partition coefficient (Wildman–Crippen LogP) is 7.12. The molecule has 3 atom stereocenters. The number of unbranched alkanes of at least 4 members (excludes halogenated alkanes) is 14. The highest BCUT2D eigenvalue weighted by atomic mass is 32.1. The van der Waals surface area contributed by atoms with E-state index >= 15 is 0 Å². The third-order valence-electron chi connectivity index (χ3n) is 6.75. The summed E-state index contributed by atoms with van der Waals surface area (Å²) in [6.45, 7) is 4.03. The van der Waals surface area contributed by atoms with Gasteiger partial charge in [-0.25, -0.2) is 0 Å². The number of aliphatic hydroxyl groups excluding tert-OH is 1. The Balaban J connectivity index is 1.47. The third kappa shape index (κ3) is 9.88. The van der Waals surface area contributed by atoms with Crippen LogP contribution in [0.4, 0.5) is 0 Å². The Kier molecular flexibility index (Phi) is 13.4. The van der Waals surface area contributed by atoms with Crippen LogP contribution in [-0.4, -0.2) is 26.9 Å². The molecular weight excluding hydrogens is 420 g/mol. The fraction of sp³-hybridized carbons (Fsp3) is 0.846. The van der Waals surface area contributed by atoms with Crippen LogP contribution in [0.15, 0.2) is 11.0 Å². The molecular formula is C26H46N2O3S. The minimum atomic E-state index is -0.472. The van der Waals surface area contributed by atoms with Crippen LogP contribution >= 0.6 is 12.2 Å². The zero-order chi connectivity index (χ0) is 23.2. The summed E-state index contributed by atoms with van der Waals surface area (Å²) < 4.78 is 8.20. The monoisotopic (exact) mass is 466 g/mol. The fourth-order valence-corrected chi connectivity index (χ4v) is 4.93. The van der Waals surface area contributed by atoms with Crippen molar-refractivity contribution in [3.05, 3.63) is 26.9 Å². The SMILES string of the molecule is CCCCCCCCCCCCCCCCC[C@H]1O[C@@H](n2cc(C)c(=O)[nH]c2=S)C[C@@H]1O. The quantitative estimate of drug-likeness (QED) is 0.189. The fourth-order valence-electron chi connectivity index (χ4n) is 4.66. The van der Waals surface area contributed by atoms with Gasteiger partial charge in [-0.05, 0) is 25.6 Å². The van der Waals surface area contributed by atoms with Gasteiger partial charge >= 0.3 is 0 Å². The van der Waals surface area contributed by atoms with Gasteiger partial charge < -0.3 is 9.84 Å². The zero-order valence-electron chi connectivity index (χ0n) is 20.4. The molecule has 184 valence electrons. The average molecular weight is 467 g/mol. The summed E-state index contributed by atoms with van der Waals surface area (Å²) in [6.07, 6.45) is 22.5. The second kappa shape index (κ2) is 15.8. The van der Waals surface area contributed by atoms with E-state index in [9.17, 15) is 9.90 Å². The first-order valence-corrected chi connectivity index (χ1v) is 13.6. The molecule has 6 heteroatoms. The van der Waals surface area contributed by atoms with Gasteiger partial charge in [-0.1, -0.05) is 103 Å². The molecule has 1 aliphatic rings. The molecule has 1 saturated heterocycles. The zero-order valence-corrected chi connectivity index (χ0v) is 21.3. The van der Waals surface area contributed by atoms with E-state index in [1.807, 2.05) is 0 Å². The van der Waals surface area contributed by atoms with Gasteiger partial charge in [-0.3, -0.25) is 14.3 Å². The normalized spacial score (nSPS) is 20.8. The summed E-state index contributed by atoms with van der Waals surface area (Å²) >= 11 is 5.26. The maximum atomic E-state index is 11.7. The van der Waals surface area contributed by atoms with Crippen molar-refractivity contribution in [2.24, 2.45) is 0 Å². The van der Waals surface area contributed by atoms with E-state index in [4.69, 9.17) is 17.0 Å². The molecule has 2 rings (SSSR count). The van der Waals surface area contributed by atoms with Crippen molar-refractivity contribution in [1.29, 1.82) is 0 Å². The smallest absolute Gasteiger partial charge is 0.254 e. The molecule has 0 amide bonds. The molecule has 0 saturated carbocycles. The Morgan fingerprint density at radius 2 is 1.47 bits per heavy atom. The van der Waals surface area contributed by atoms with Crippen molar-refractivity contribution in [3.63, 3.8) is 0 Å². The van der Waals surface area contributed by atoms with E-state index in [0.717, 1.165) is 12.8 Å². The molecule has 32 heavy (non-hydrogen) atoms. The summed E-state index contributed by atoms with van der Waals surface area (Å²) in [6, 6.07) is 0. The van der Waals surface area contributed by atoms with Gasteiger partial charge in [-0.15, -0.1) is 0 Å². The minimum absolute atomic E-state index is 0.142. The van der Waals surface area contributed by atoms with Gasteiger partial charge in [-0.2, -0.15) is 0 Å². The third-order valence-corrected chi connectivity index (χ3v) is 7.07. The molecule has 1 aromatic rings. The van der Waals surface area contributed by atoms with Crippen molar-refractivity contribution in [2.75, 3.05) is 0 Å². The molecule has 0 aromatic carbocycles. The van der Waals surface area contributed by atoms with Crippen molar-refractivity contribution >= 4 is 12.2 Å². The van der Waals surface area contributed by atoms with Crippen LogP contribution in [-0.2, 0) is 4.74 Å². The van der Waals surface area contributed by atoms with Crippen LogP contribution in [0.25, 0.3) is 0 Å². The van der Waals surface area contributed by atoms with Gasteiger partial charge in [0.05, 0.1) is 12.2 Å². The average Bonchev–Trinajstić information content (AvgIpc) is 3.13. The second-order valence-corrected chi connectivity index (χ2v) is 10.0. The van der Waals surface area contributed by atoms with E-state index in [1.165, 1.54) is 89.9 Å². The summed E-state index contributed by atoms with van der Waals surface area (Å²) in [4.78, 5) is 14.4. The largest absolute Gasteiger partial charge is 0.390 e. The van der Waals surface area contributed by atoms with Gasteiger partial charge in [0.1, 0.15) is 6.23 Å². The van der Waals surface area contributed by atoms with E-state index in [1.54, 1.807) is 17.7 Å². The van der Waals surface area contributed by atoms with Gasteiger partial charge in [0.25, 0.3) is 5.56 Å². The van der Waals surface area contributed by atoms with Crippen molar-refractivity contribution in [1.82, 2.24) is 9.55 Å². The minimum Gasteiger partial charge on any atom is -0.390 e. The number of nitrogens with one attached hydrogen (secondary N) is 1. The molecule has 0 aliphatic carbocycles. The number of H-pyrrole nitrogens is 1. The van der Waals surface area contributed by atoms with Gasteiger partial charge in [0.15, 0.2) is 4.77 Å². The topological polar surface area (TPSA) is 67.2 Å². The van der Waals surface area contributed by atoms with Crippen LogP contribution in [0.3, 0.4) is 0 Å². The first kappa shape index (κ1) is 27.3. The standard InChI is InChI=1S/C26H46N2O3S/c1-3-4-5-6-7-8-9-10-11-12-13-14-15-16-17-18-23-22(29)19-24(31-23)28-20-21(2)25(30)27-26(28)32/h20,22-24,29H,3-19H2,1-2H3,(H,27,30,32)/t22-,23+,24+/m0/s1. The number of aromatic nitrogens is 2. The Labute approximate surface area is 200 Å². The summed E-state index contributed by atoms with van der Waals surface area (Å²) in [7, 11) is 0. The number of nitrogens with zero attached hydrogens (tertiary/aromatic N) is 1. The molecule has 1 fully saturated rings. The van der Waals surface area contributed by atoms with Crippen molar-refractivity contribution in [3.8, 4) is 0 Å². The Bertz CT molecular complexity index is 745. The first-order chi connectivity index (χ1) is 15.5. The van der Waals surface area contributed by atoms with E-state index in [0.29, 0.717) is 16.8 Å². The van der Waals surface area contributed by atoms with Crippen LogP contribution in [0.2, 0.25) is 0 Å². The summed E-state index contributed by atoms with van der Waals surface area (Å²) in [5.74, 6) is 0. The molecule has 1 aromatic heterocycles. The lowest BCUT2D eigenvalue weighted by Gasteiger charge is -2.17. The number of aliphatic hydroxyl groups is 1. The molecule has 1 aliphatic heterocycles. The number of ether oxygens (including phenoxy) is 1. The Hall–Kier alpha value is -0.980. The Morgan fingerprint density at radius 1 is 0.969 bits per heavy atom. The van der Waals surface area contributed by atoms with E-state index in [2.05, 4.69) is 11.9 Å². The van der Waals surface area contributed by atoms with E-state index in [-0.39, 0.29) is 17.9 Å². The van der Waals surface area contributed by atoms with Crippen LogP contribution in [0, 0.1) is 11.7 Å². The predicted molar refractivity (Wildman–Crippen MR) is 135 cm³/mol. The number of aryl methyl sites for hydroxylation is 1. The van der Waals surface area contributed by atoms with Gasteiger partial charge in [0.2, 0.25) is 0 Å². The maximum Gasteiger partial charge on any atom is 0.254 e. The molecule has 2 N–H and O–H groups in total.